The quantitative estimate of drug-likeness (QED) is 0.856. The van der Waals surface area contributed by atoms with Gasteiger partial charge in [-0.15, -0.1) is 0 Å². The molecule has 2 aromatic rings. The fourth-order valence-corrected chi connectivity index (χ4v) is 1.94. The zero-order valence-corrected chi connectivity index (χ0v) is 13.3. The number of nitrogens with zero attached hydrogens (tertiary/aromatic N) is 2. The standard InChI is InChI=1S/C17H22N4O/c1-12(2)7-8-18-17-19-10-14(11-20-17)16(22)21-15-6-4-5-13(3)9-15/h4-6,9-12H,7-8H2,1-3H3,(H,21,22)(H,18,19,20). The lowest BCUT2D eigenvalue weighted by Gasteiger charge is -2.08. The molecule has 1 heterocycles. The summed E-state index contributed by atoms with van der Waals surface area (Å²) in [6.45, 7) is 7.14. The largest absolute Gasteiger partial charge is 0.354 e. The first kappa shape index (κ1) is 15.9. The zero-order chi connectivity index (χ0) is 15.9. The summed E-state index contributed by atoms with van der Waals surface area (Å²) in [5.41, 5.74) is 2.30. The Morgan fingerprint density at radius 1 is 1.23 bits per heavy atom. The second-order valence-electron chi connectivity index (χ2n) is 5.73. The van der Waals surface area contributed by atoms with Crippen LogP contribution in [0.1, 0.15) is 36.2 Å². The van der Waals surface area contributed by atoms with E-state index in [1.807, 2.05) is 31.2 Å². The monoisotopic (exact) mass is 298 g/mol. The average molecular weight is 298 g/mol. The van der Waals surface area contributed by atoms with E-state index in [9.17, 15) is 4.79 Å². The number of hydrogen-bond donors (Lipinski definition) is 2. The summed E-state index contributed by atoms with van der Waals surface area (Å²) >= 11 is 0. The number of aromatic nitrogens is 2. The number of nitrogens with one attached hydrogen (secondary N) is 2. The second kappa shape index (κ2) is 7.54. The Labute approximate surface area is 131 Å². The topological polar surface area (TPSA) is 66.9 Å². The normalized spacial score (nSPS) is 10.5. The van der Waals surface area contributed by atoms with Gasteiger partial charge in [-0.1, -0.05) is 26.0 Å². The van der Waals surface area contributed by atoms with Crippen molar-refractivity contribution in [2.75, 3.05) is 17.2 Å². The molecule has 22 heavy (non-hydrogen) atoms. The van der Waals surface area contributed by atoms with Crippen molar-refractivity contribution in [3.05, 3.63) is 47.8 Å². The van der Waals surface area contributed by atoms with Crippen molar-refractivity contribution in [1.82, 2.24) is 9.97 Å². The predicted octanol–water partition coefficient (Wildman–Crippen LogP) is 3.50. The van der Waals surface area contributed by atoms with Gasteiger partial charge in [0, 0.05) is 24.6 Å². The van der Waals surface area contributed by atoms with Gasteiger partial charge in [-0.05, 0) is 37.0 Å². The van der Waals surface area contributed by atoms with E-state index in [2.05, 4.69) is 34.4 Å². The Bertz CT molecular complexity index is 623. The van der Waals surface area contributed by atoms with Crippen molar-refractivity contribution in [1.29, 1.82) is 0 Å². The summed E-state index contributed by atoms with van der Waals surface area (Å²) in [7, 11) is 0. The van der Waals surface area contributed by atoms with E-state index in [4.69, 9.17) is 0 Å². The van der Waals surface area contributed by atoms with Gasteiger partial charge in [0.15, 0.2) is 0 Å². The van der Waals surface area contributed by atoms with Crippen LogP contribution in [0.15, 0.2) is 36.7 Å². The number of anilines is 2. The Hall–Kier alpha value is -2.43. The Morgan fingerprint density at radius 2 is 1.95 bits per heavy atom. The van der Waals surface area contributed by atoms with Crippen molar-refractivity contribution >= 4 is 17.5 Å². The molecule has 0 spiro atoms. The first-order valence-corrected chi connectivity index (χ1v) is 7.48. The molecule has 116 valence electrons. The molecule has 0 saturated carbocycles. The van der Waals surface area contributed by atoms with Crippen LogP contribution in [-0.4, -0.2) is 22.4 Å². The Morgan fingerprint density at radius 3 is 2.59 bits per heavy atom. The summed E-state index contributed by atoms with van der Waals surface area (Å²) in [6, 6.07) is 7.66. The Balaban J connectivity index is 1.93. The fraction of sp³-hybridized carbons (Fsp3) is 0.353. The van der Waals surface area contributed by atoms with Crippen LogP contribution < -0.4 is 10.6 Å². The van der Waals surface area contributed by atoms with Crippen LogP contribution in [0, 0.1) is 12.8 Å². The van der Waals surface area contributed by atoms with Gasteiger partial charge >= 0.3 is 0 Å². The highest BCUT2D eigenvalue weighted by molar-refractivity contribution is 6.03. The maximum absolute atomic E-state index is 12.1. The average Bonchev–Trinajstić information content (AvgIpc) is 2.47. The van der Waals surface area contributed by atoms with Crippen molar-refractivity contribution in [3.63, 3.8) is 0 Å². The zero-order valence-electron chi connectivity index (χ0n) is 13.3. The summed E-state index contributed by atoms with van der Waals surface area (Å²) in [5, 5.41) is 5.98. The molecule has 0 radical (unpaired) electrons. The molecule has 0 atom stereocenters. The molecule has 5 nitrogen and oxygen atoms in total. The fourth-order valence-electron chi connectivity index (χ4n) is 1.94. The first-order valence-electron chi connectivity index (χ1n) is 7.48. The molecular formula is C17H22N4O. The number of rotatable bonds is 6. The van der Waals surface area contributed by atoms with Gasteiger partial charge in [-0.25, -0.2) is 9.97 Å². The number of benzene rings is 1. The second-order valence-corrected chi connectivity index (χ2v) is 5.73. The van der Waals surface area contributed by atoms with Gasteiger partial charge < -0.3 is 10.6 Å². The van der Waals surface area contributed by atoms with E-state index in [0.717, 1.165) is 24.2 Å². The minimum atomic E-state index is -0.209. The molecule has 2 N–H and O–H groups in total. The molecule has 0 aliphatic carbocycles. The number of carbonyl (C=O) groups is 1. The minimum Gasteiger partial charge on any atom is -0.354 e. The van der Waals surface area contributed by atoms with Crippen molar-refractivity contribution in [3.8, 4) is 0 Å². The van der Waals surface area contributed by atoms with E-state index in [-0.39, 0.29) is 5.91 Å². The van der Waals surface area contributed by atoms with E-state index >= 15 is 0 Å². The van der Waals surface area contributed by atoms with Crippen molar-refractivity contribution < 1.29 is 4.79 Å². The summed E-state index contributed by atoms with van der Waals surface area (Å²) < 4.78 is 0. The lowest BCUT2D eigenvalue weighted by Crippen LogP contribution is -2.14. The van der Waals surface area contributed by atoms with Crippen LogP contribution in [0.25, 0.3) is 0 Å². The van der Waals surface area contributed by atoms with Crippen LogP contribution in [0.2, 0.25) is 0 Å². The Kier molecular flexibility index (Phi) is 5.47. The summed E-state index contributed by atoms with van der Waals surface area (Å²) in [6.07, 6.45) is 4.13. The molecule has 1 aromatic carbocycles. The van der Waals surface area contributed by atoms with Crippen molar-refractivity contribution in [2.24, 2.45) is 5.92 Å². The molecule has 0 bridgehead atoms. The number of hydrogen-bond acceptors (Lipinski definition) is 4. The highest BCUT2D eigenvalue weighted by Gasteiger charge is 2.07. The highest BCUT2D eigenvalue weighted by atomic mass is 16.1. The number of amides is 1. The minimum absolute atomic E-state index is 0.209. The maximum Gasteiger partial charge on any atom is 0.258 e. The maximum atomic E-state index is 12.1. The van der Waals surface area contributed by atoms with E-state index in [0.29, 0.717) is 17.4 Å². The third-order valence-electron chi connectivity index (χ3n) is 3.19. The predicted molar refractivity (Wildman–Crippen MR) is 89.1 cm³/mol. The lowest BCUT2D eigenvalue weighted by atomic mass is 10.1. The van der Waals surface area contributed by atoms with Gasteiger partial charge in [-0.3, -0.25) is 4.79 Å². The lowest BCUT2D eigenvalue weighted by molar-refractivity contribution is 0.102. The van der Waals surface area contributed by atoms with Gasteiger partial charge in [0.25, 0.3) is 5.91 Å². The van der Waals surface area contributed by atoms with Crippen LogP contribution in [0.4, 0.5) is 11.6 Å². The summed E-state index contributed by atoms with van der Waals surface area (Å²) in [5.74, 6) is 0.971. The molecule has 0 saturated heterocycles. The van der Waals surface area contributed by atoms with Gasteiger partial charge in [0.2, 0.25) is 5.95 Å². The van der Waals surface area contributed by atoms with Crippen LogP contribution in [-0.2, 0) is 0 Å². The molecule has 0 fully saturated rings. The van der Waals surface area contributed by atoms with Crippen LogP contribution in [0.3, 0.4) is 0 Å². The molecule has 5 heteroatoms. The van der Waals surface area contributed by atoms with Gasteiger partial charge in [0.1, 0.15) is 0 Å². The molecule has 0 aliphatic rings. The smallest absolute Gasteiger partial charge is 0.258 e. The van der Waals surface area contributed by atoms with Gasteiger partial charge in [-0.2, -0.15) is 0 Å². The molecule has 1 aromatic heterocycles. The molecule has 0 unspecified atom stereocenters. The van der Waals surface area contributed by atoms with E-state index < -0.39 is 0 Å². The van der Waals surface area contributed by atoms with Gasteiger partial charge in [0.05, 0.1) is 5.56 Å². The third kappa shape index (κ3) is 4.84. The van der Waals surface area contributed by atoms with Crippen LogP contribution >= 0.6 is 0 Å². The first-order chi connectivity index (χ1) is 10.5. The number of aryl methyl sites for hydroxylation is 1. The van der Waals surface area contributed by atoms with Crippen LogP contribution in [0.5, 0.6) is 0 Å². The SMILES string of the molecule is Cc1cccc(NC(=O)c2cnc(NCCC(C)C)nc2)c1. The summed E-state index contributed by atoms with van der Waals surface area (Å²) in [4.78, 5) is 20.5. The highest BCUT2D eigenvalue weighted by Crippen LogP contribution is 2.11. The molecule has 1 amide bonds. The number of carbonyl (C=O) groups excluding carboxylic acids is 1. The van der Waals surface area contributed by atoms with Crippen molar-refractivity contribution in [2.45, 2.75) is 27.2 Å². The molecular weight excluding hydrogens is 276 g/mol. The molecule has 0 aliphatic heterocycles. The molecule has 2 rings (SSSR count). The van der Waals surface area contributed by atoms with E-state index in [1.165, 1.54) is 12.4 Å². The van der Waals surface area contributed by atoms with E-state index in [1.54, 1.807) is 0 Å². The third-order valence-corrected chi connectivity index (χ3v) is 3.19.